The van der Waals surface area contributed by atoms with E-state index < -0.39 is 0 Å². The number of methoxy groups -OCH3 is 1. The van der Waals surface area contributed by atoms with Gasteiger partial charge in [-0.3, -0.25) is 0 Å². The SMILES string of the molecule is COC(CN)C1CC1(C)C. The number of nitrogens with two attached hydrogens (primary N) is 1. The van der Waals surface area contributed by atoms with E-state index in [1.807, 2.05) is 0 Å². The van der Waals surface area contributed by atoms with Crippen molar-refractivity contribution < 1.29 is 4.74 Å². The van der Waals surface area contributed by atoms with Crippen molar-refractivity contribution in [3.05, 3.63) is 0 Å². The minimum atomic E-state index is 0.287. The van der Waals surface area contributed by atoms with Crippen LogP contribution in [0.2, 0.25) is 0 Å². The van der Waals surface area contributed by atoms with E-state index in [0.29, 0.717) is 17.9 Å². The molecule has 1 saturated carbocycles. The summed E-state index contributed by atoms with van der Waals surface area (Å²) >= 11 is 0. The second-order valence-corrected chi connectivity index (χ2v) is 3.81. The molecule has 2 nitrogen and oxygen atoms in total. The second-order valence-electron chi connectivity index (χ2n) is 3.81. The van der Waals surface area contributed by atoms with Gasteiger partial charge >= 0.3 is 0 Å². The first-order valence-electron chi connectivity index (χ1n) is 3.84. The summed E-state index contributed by atoms with van der Waals surface area (Å²) in [6.45, 7) is 5.18. The second kappa shape index (κ2) is 2.51. The molecule has 0 aromatic rings. The minimum Gasteiger partial charge on any atom is -0.380 e. The van der Waals surface area contributed by atoms with Gasteiger partial charge in [0.25, 0.3) is 0 Å². The van der Waals surface area contributed by atoms with Crippen LogP contribution in [0.4, 0.5) is 0 Å². The lowest BCUT2D eigenvalue weighted by Gasteiger charge is -2.13. The van der Waals surface area contributed by atoms with Gasteiger partial charge in [0.05, 0.1) is 6.10 Å². The predicted molar refractivity (Wildman–Crippen MR) is 41.7 cm³/mol. The lowest BCUT2D eigenvalue weighted by atomic mass is 10.1. The molecule has 60 valence electrons. The van der Waals surface area contributed by atoms with Gasteiger partial charge in [-0.15, -0.1) is 0 Å². The molecule has 2 unspecified atom stereocenters. The van der Waals surface area contributed by atoms with E-state index >= 15 is 0 Å². The van der Waals surface area contributed by atoms with Gasteiger partial charge in [0.2, 0.25) is 0 Å². The van der Waals surface area contributed by atoms with Gasteiger partial charge in [0.1, 0.15) is 0 Å². The summed E-state index contributed by atoms with van der Waals surface area (Å²) in [6.07, 6.45) is 1.55. The summed E-state index contributed by atoms with van der Waals surface area (Å²) in [5.41, 5.74) is 6.01. The first kappa shape index (κ1) is 8.02. The molecule has 0 aliphatic heterocycles. The van der Waals surface area contributed by atoms with Crippen molar-refractivity contribution in [3.8, 4) is 0 Å². The van der Waals surface area contributed by atoms with Crippen molar-refractivity contribution >= 4 is 0 Å². The van der Waals surface area contributed by atoms with Gasteiger partial charge in [-0.05, 0) is 17.8 Å². The van der Waals surface area contributed by atoms with Crippen LogP contribution in [0, 0.1) is 11.3 Å². The van der Waals surface area contributed by atoms with E-state index in [1.54, 1.807) is 7.11 Å². The van der Waals surface area contributed by atoms with Crippen LogP contribution in [0.3, 0.4) is 0 Å². The largest absolute Gasteiger partial charge is 0.380 e. The van der Waals surface area contributed by atoms with E-state index in [4.69, 9.17) is 10.5 Å². The molecule has 10 heavy (non-hydrogen) atoms. The van der Waals surface area contributed by atoms with Crippen LogP contribution in [0.25, 0.3) is 0 Å². The summed E-state index contributed by atoms with van der Waals surface area (Å²) in [6, 6.07) is 0. The molecule has 0 radical (unpaired) electrons. The molecular weight excluding hydrogens is 126 g/mol. The van der Waals surface area contributed by atoms with Crippen LogP contribution in [0.1, 0.15) is 20.3 Å². The third kappa shape index (κ3) is 1.32. The normalized spacial score (nSPS) is 31.8. The average Bonchev–Trinajstić information content (AvgIpc) is 2.44. The quantitative estimate of drug-likeness (QED) is 0.640. The standard InChI is InChI=1S/C8H17NO/c1-8(2)4-6(8)7(5-9)10-3/h6-7H,4-5,9H2,1-3H3. The molecule has 1 fully saturated rings. The number of ether oxygens (including phenoxy) is 1. The van der Waals surface area contributed by atoms with Crippen LogP contribution in [0.5, 0.6) is 0 Å². The molecule has 0 heterocycles. The highest BCUT2D eigenvalue weighted by molar-refractivity contribution is 4.99. The zero-order valence-electron chi connectivity index (χ0n) is 7.05. The summed E-state index contributed by atoms with van der Waals surface area (Å²) in [4.78, 5) is 0. The minimum absolute atomic E-state index is 0.287. The van der Waals surface area contributed by atoms with Gasteiger partial charge in [0, 0.05) is 13.7 Å². The molecule has 0 aromatic carbocycles. The first-order chi connectivity index (χ1) is 4.61. The number of hydrogen-bond acceptors (Lipinski definition) is 2. The Morgan fingerprint density at radius 2 is 2.20 bits per heavy atom. The molecule has 1 rings (SSSR count). The summed E-state index contributed by atoms with van der Waals surface area (Å²) in [7, 11) is 1.74. The predicted octanol–water partition coefficient (Wildman–Crippen LogP) is 1.01. The van der Waals surface area contributed by atoms with E-state index in [0.717, 1.165) is 0 Å². The zero-order valence-corrected chi connectivity index (χ0v) is 7.05. The Labute approximate surface area is 62.7 Å². The van der Waals surface area contributed by atoms with Crippen LogP contribution in [0.15, 0.2) is 0 Å². The van der Waals surface area contributed by atoms with E-state index in [2.05, 4.69) is 13.8 Å². The number of hydrogen-bond donors (Lipinski definition) is 1. The molecular formula is C8H17NO. The van der Waals surface area contributed by atoms with Gasteiger partial charge in [-0.25, -0.2) is 0 Å². The van der Waals surface area contributed by atoms with Gasteiger partial charge in [-0.2, -0.15) is 0 Å². The molecule has 2 N–H and O–H groups in total. The molecule has 0 aromatic heterocycles. The molecule has 1 aliphatic rings. The summed E-state index contributed by atoms with van der Waals surface area (Å²) in [5, 5.41) is 0. The molecule has 1 aliphatic carbocycles. The van der Waals surface area contributed by atoms with E-state index in [9.17, 15) is 0 Å². The van der Waals surface area contributed by atoms with Crippen LogP contribution in [-0.2, 0) is 4.74 Å². The maximum atomic E-state index is 5.52. The smallest absolute Gasteiger partial charge is 0.0726 e. The van der Waals surface area contributed by atoms with Crippen LogP contribution in [-0.4, -0.2) is 19.8 Å². The van der Waals surface area contributed by atoms with Crippen LogP contribution >= 0.6 is 0 Å². The van der Waals surface area contributed by atoms with E-state index in [1.165, 1.54) is 6.42 Å². The first-order valence-corrected chi connectivity index (χ1v) is 3.84. The van der Waals surface area contributed by atoms with Gasteiger partial charge < -0.3 is 10.5 Å². The Bertz CT molecular complexity index is 118. The summed E-state index contributed by atoms with van der Waals surface area (Å²) < 4.78 is 5.23. The third-order valence-corrected chi connectivity index (χ3v) is 2.57. The van der Waals surface area contributed by atoms with E-state index in [-0.39, 0.29) is 6.10 Å². The fraction of sp³-hybridized carbons (Fsp3) is 1.00. The van der Waals surface area contributed by atoms with Gasteiger partial charge in [0.15, 0.2) is 0 Å². The molecule has 2 heteroatoms. The molecule has 0 amide bonds. The van der Waals surface area contributed by atoms with Crippen molar-refractivity contribution in [2.75, 3.05) is 13.7 Å². The highest BCUT2D eigenvalue weighted by atomic mass is 16.5. The topological polar surface area (TPSA) is 35.2 Å². The lowest BCUT2D eigenvalue weighted by Crippen LogP contribution is -2.26. The highest BCUT2D eigenvalue weighted by Crippen LogP contribution is 2.53. The van der Waals surface area contributed by atoms with Gasteiger partial charge in [-0.1, -0.05) is 13.8 Å². The van der Waals surface area contributed by atoms with Crippen molar-refractivity contribution in [1.29, 1.82) is 0 Å². The Morgan fingerprint density at radius 1 is 1.70 bits per heavy atom. The number of rotatable bonds is 3. The highest BCUT2D eigenvalue weighted by Gasteiger charge is 2.49. The lowest BCUT2D eigenvalue weighted by molar-refractivity contribution is 0.0811. The Balaban J connectivity index is 2.36. The van der Waals surface area contributed by atoms with Crippen LogP contribution < -0.4 is 5.73 Å². The van der Waals surface area contributed by atoms with Crippen molar-refractivity contribution in [3.63, 3.8) is 0 Å². The zero-order chi connectivity index (χ0) is 7.78. The third-order valence-electron chi connectivity index (χ3n) is 2.57. The maximum Gasteiger partial charge on any atom is 0.0726 e. The molecule has 0 spiro atoms. The Kier molecular flexibility index (Phi) is 2.02. The Hall–Kier alpha value is -0.0800. The molecule has 0 saturated heterocycles. The monoisotopic (exact) mass is 143 g/mol. The fourth-order valence-corrected chi connectivity index (χ4v) is 1.57. The van der Waals surface area contributed by atoms with Crippen molar-refractivity contribution in [1.82, 2.24) is 0 Å². The molecule has 0 bridgehead atoms. The fourth-order valence-electron chi connectivity index (χ4n) is 1.57. The van der Waals surface area contributed by atoms with Crippen molar-refractivity contribution in [2.24, 2.45) is 17.1 Å². The maximum absolute atomic E-state index is 5.52. The van der Waals surface area contributed by atoms with Crippen molar-refractivity contribution in [2.45, 2.75) is 26.4 Å². The molecule has 2 atom stereocenters. The average molecular weight is 143 g/mol. The Morgan fingerprint density at radius 3 is 2.30 bits per heavy atom. The summed E-state index contributed by atoms with van der Waals surface area (Å²) in [5.74, 6) is 0.697.